The van der Waals surface area contributed by atoms with Gasteiger partial charge in [0.15, 0.2) is 0 Å². The molecular weight excluding hydrogens is 346 g/mol. The molecule has 5 amide bonds. The number of hydrogen-bond donors (Lipinski definition) is 1. The lowest BCUT2D eigenvalue weighted by Crippen LogP contribution is -2.44. The zero-order chi connectivity index (χ0) is 20.0. The van der Waals surface area contributed by atoms with Gasteiger partial charge in [0.1, 0.15) is 6.54 Å². The van der Waals surface area contributed by atoms with Gasteiger partial charge in [-0.1, -0.05) is 56.5 Å². The minimum absolute atomic E-state index is 0.0492. The second kappa shape index (κ2) is 9.30. The Morgan fingerprint density at radius 2 is 1.70 bits per heavy atom. The summed E-state index contributed by atoms with van der Waals surface area (Å²) in [4.78, 5) is 51.0. The second-order valence-electron chi connectivity index (χ2n) is 6.90. The normalized spacial score (nSPS) is 16.6. The van der Waals surface area contributed by atoms with Crippen LogP contribution >= 0.6 is 0 Å². The highest BCUT2D eigenvalue weighted by Gasteiger charge is 2.47. The van der Waals surface area contributed by atoms with Crippen molar-refractivity contribution in [3.8, 4) is 0 Å². The average molecular weight is 373 g/mol. The van der Waals surface area contributed by atoms with E-state index in [1.807, 2.05) is 13.0 Å². The number of nitrogens with one attached hydrogen (secondary N) is 1. The van der Waals surface area contributed by atoms with Crippen LogP contribution in [0, 0.1) is 0 Å². The molecule has 1 saturated heterocycles. The van der Waals surface area contributed by atoms with E-state index in [1.165, 1.54) is 0 Å². The van der Waals surface area contributed by atoms with Crippen molar-refractivity contribution >= 4 is 23.8 Å². The molecule has 7 nitrogen and oxygen atoms in total. The quantitative estimate of drug-likeness (QED) is 0.409. The summed E-state index contributed by atoms with van der Waals surface area (Å²) in [6.45, 7) is 5.22. The molecule has 0 aromatic heterocycles. The molecule has 1 fully saturated rings. The molecule has 0 saturated carbocycles. The van der Waals surface area contributed by atoms with E-state index in [0.29, 0.717) is 0 Å². The molecule has 1 aromatic carbocycles. The number of carbonyl (C=O) groups excluding carboxylic acids is 4. The molecular formula is C20H27N3O4. The SMILES string of the molecule is CCCCCC(C)NC(=O)CN1C(=O)C(=O)N(C(C)c2ccccc2)C1=O. The first-order valence-electron chi connectivity index (χ1n) is 9.40. The van der Waals surface area contributed by atoms with Crippen molar-refractivity contribution < 1.29 is 19.2 Å². The third-order valence-electron chi connectivity index (χ3n) is 4.70. The van der Waals surface area contributed by atoms with Crippen LogP contribution in [0.4, 0.5) is 4.79 Å². The molecule has 2 unspecified atom stereocenters. The fourth-order valence-electron chi connectivity index (χ4n) is 3.12. The van der Waals surface area contributed by atoms with Gasteiger partial charge in [-0.25, -0.2) is 14.6 Å². The Labute approximate surface area is 159 Å². The smallest absolute Gasteiger partial charge is 0.335 e. The van der Waals surface area contributed by atoms with E-state index < -0.39 is 36.3 Å². The minimum atomic E-state index is -0.962. The predicted molar refractivity (Wildman–Crippen MR) is 101 cm³/mol. The molecule has 1 aliphatic heterocycles. The van der Waals surface area contributed by atoms with Gasteiger partial charge in [-0.05, 0) is 25.8 Å². The lowest BCUT2D eigenvalue weighted by Gasteiger charge is -2.22. The Hall–Kier alpha value is -2.70. The van der Waals surface area contributed by atoms with E-state index in [-0.39, 0.29) is 6.04 Å². The van der Waals surface area contributed by atoms with Crippen molar-refractivity contribution in [3.05, 3.63) is 35.9 Å². The minimum Gasteiger partial charge on any atom is -0.352 e. The summed E-state index contributed by atoms with van der Waals surface area (Å²) in [6, 6.07) is 7.59. The van der Waals surface area contributed by atoms with E-state index in [0.717, 1.165) is 41.0 Å². The van der Waals surface area contributed by atoms with Crippen LogP contribution in [0.1, 0.15) is 58.1 Å². The van der Waals surface area contributed by atoms with Crippen molar-refractivity contribution in [1.29, 1.82) is 0 Å². The predicted octanol–water partition coefficient (Wildman–Crippen LogP) is 2.62. The standard InChI is InChI=1S/C20H27N3O4/c1-4-5-7-10-14(2)21-17(24)13-22-18(25)19(26)23(20(22)27)15(3)16-11-8-6-9-12-16/h6,8-9,11-12,14-15H,4-5,7,10,13H2,1-3H3,(H,21,24). The summed E-state index contributed by atoms with van der Waals surface area (Å²) >= 11 is 0. The molecule has 1 N–H and O–H groups in total. The number of hydrogen-bond acceptors (Lipinski definition) is 4. The van der Waals surface area contributed by atoms with Gasteiger partial charge in [0.05, 0.1) is 6.04 Å². The summed E-state index contributed by atoms with van der Waals surface area (Å²) in [7, 11) is 0. The number of urea groups is 1. The molecule has 2 atom stereocenters. The van der Waals surface area contributed by atoms with E-state index in [2.05, 4.69) is 12.2 Å². The maximum absolute atomic E-state index is 12.6. The van der Waals surface area contributed by atoms with Gasteiger partial charge in [-0.2, -0.15) is 0 Å². The summed E-state index contributed by atoms with van der Waals surface area (Å²) in [5.41, 5.74) is 0.739. The van der Waals surface area contributed by atoms with Gasteiger partial charge in [0, 0.05) is 6.04 Å². The first kappa shape index (κ1) is 20.6. The van der Waals surface area contributed by atoms with Crippen LogP contribution in [-0.2, 0) is 14.4 Å². The number of benzene rings is 1. The Morgan fingerprint density at radius 3 is 2.33 bits per heavy atom. The molecule has 2 rings (SSSR count). The molecule has 1 aliphatic rings. The van der Waals surface area contributed by atoms with Crippen LogP contribution in [0.15, 0.2) is 30.3 Å². The van der Waals surface area contributed by atoms with Crippen molar-refractivity contribution in [1.82, 2.24) is 15.1 Å². The Balaban J connectivity index is 2.00. The zero-order valence-electron chi connectivity index (χ0n) is 16.1. The Morgan fingerprint density at radius 1 is 1.04 bits per heavy atom. The summed E-state index contributed by atoms with van der Waals surface area (Å²) < 4.78 is 0. The largest absolute Gasteiger partial charge is 0.352 e. The van der Waals surface area contributed by atoms with E-state index in [4.69, 9.17) is 0 Å². The van der Waals surface area contributed by atoms with Crippen molar-refractivity contribution in [3.63, 3.8) is 0 Å². The maximum Gasteiger partial charge on any atom is 0.335 e. The molecule has 146 valence electrons. The van der Waals surface area contributed by atoms with Crippen LogP contribution in [0.2, 0.25) is 0 Å². The van der Waals surface area contributed by atoms with Crippen molar-refractivity contribution in [2.24, 2.45) is 0 Å². The van der Waals surface area contributed by atoms with E-state index in [9.17, 15) is 19.2 Å². The van der Waals surface area contributed by atoms with Crippen molar-refractivity contribution in [2.75, 3.05) is 6.54 Å². The Kier molecular flexibility index (Phi) is 7.10. The lowest BCUT2D eigenvalue weighted by molar-refractivity contribution is -0.144. The van der Waals surface area contributed by atoms with Crippen molar-refractivity contribution in [2.45, 2.75) is 58.5 Å². The highest BCUT2D eigenvalue weighted by atomic mass is 16.2. The topological polar surface area (TPSA) is 86.8 Å². The average Bonchev–Trinajstić information content (AvgIpc) is 2.85. The van der Waals surface area contributed by atoms with Crippen LogP contribution in [-0.4, -0.2) is 46.1 Å². The van der Waals surface area contributed by atoms with E-state index in [1.54, 1.807) is 31.2 Å². The summed E-state index contributed by atoms with van der Waals surface area (Å²) in [5.74, 6) is -2.31. The molecule has 27 heavy (non-hydrogen) atoms. The number of rotatable bonds is 9. The van der Waals surface area contributed by atoms with Gasteiger partial charge >= 0.3 is 17.8 Å². The highest BCUT2D eigenvalue weighted by molar-refractivity contribution is 6.45. The molecule has 1 aromatic rings. The van der Waals surface area contributed by atoms with Gasteiger partial charge < -0.3 is 5.32 Å². The first-order valence-corrected chi connectivity index (χ1v) is 9.40. The van der Waals surface area contributed by atoms with Crippen LogP contribution in [0.25, 0.3) is 0 Å². The molecule has 0 spiro atoms. The molecule has 0 aliphatic carbocycles. The van der Waals surface area contributed by atoms with Crippen LogP contribution < -0.4 is 5.32 Å². The van der Waals surface area contributed by atoms with Gasteiger partial charge in [-0.3, -0.25) is 14.4 Å². The third kappa shape index (κ3) is 4.93. The number of amides is 5. The zero-order valence-corrected chi connectivity index (χ0v) is 16.1. The fourth-order valence-corrected chi connectivity index (χ4v) is 3.12. The molecule has 0 radical (unpaired) electrons. The van der Waals surface area contributed by atoms with Crippen LogP contribution in [0.3, 0.4) is 0 Å². The van der Waals surface area contributed by atoms with Gasteiger partial charge in [-0.15, -0.1) is 0 Å². The fraction of sp³-hybridized carbons (Fsp3) is 0.500. The number of unbranched alkanes of at least 4 members (excludes halogenated alkanes) is 2. The number of carbonyl (C=O) groups is 4. The van der Waals surface area contributed by atoms with Gasteiger partial charge in [0.25, 0.3) is 0 Å². The van der Waals surface area contributed by atoms with Gasteiger partial charge in [0.2, 0.25) is 5.91 Å². The Bertz CT molecular complexity index is 704. The van der Waals surface area contributed by atoms with E-state index >= 15 is 0 Å². The summed E-state index contributed by atoms with van der Waals surface area (Å²) in [6.07, 6.45) is 4.01. The monoisotopic (exact) mass is 373 g/mol. The van der Waals surface area contributed by atoms with Crippen LogP contribution in [0.5, 0.6) is 0 Å². The number of imide groups is 2. The molecule has 7 heteroatoms. The molecule has 0 bridgehead atoms. The second-order valence-corrected chi connectivity index (χ2v) is 6.90. The first-order chi connectivity index (χ1) is 12.9. The molecule has 1 heterocycles. The lowest BCUT2D eigenvalue weighted by atomic mass is 10.1. The maximum atomic E-state index is 12.6. The third-order valence-corrected chi connectivity index (χ3v) is 4.70. The summed E-state index contributed by atoms with van der Waals surface area (Å²) in [5, 5.41) is 2.78. The highest BCUT2D eigenvalue weighted by Crippen LogP contribution is 2.25. The number of nitrogens with zero attached hydrogens (tertiary/aromatic N) is 2.